The molecule has 0 N–H and O–H groups in total. The van der Waals surface area contributed by atoms with Crippen LogP contribution in [0.3, 0.4) is 0 Å². The molecule has 2 aromatic rings. The lowest BCUT2D eigenvalue weighted by atomic mass is 10.1. The van der Waals surface area contributed by atoms with Gasteiger partial charge >= 0.3 is 0 Å². The van der Waals surface area contributed by atoms with E-state index in [1.54, 1.807) is 12.4 Å². The Morgan fingerprint density at radius 1 is 1.21 bits per heavy atom. The van der Waals surface area contributed by atoms with Crippen molar-refractivity contribution in [1.82, 2.24) is 14.9 Å². The molecule has 24 heavy (non-hydrogen) atoms. The van der Waals surface area contributed by atoms with Crippen LogP contribution in [0.1, 0.15) is 17.4 Å². The third-order valence-corrected chi connectivity index (χ3v) is 4.22. The molecule has 1 unspecified atom stereocenters. The number of aromatic nitrogens is 2. The van der Waals surface area contributed by atoms with Gasteiger partial charge in [-0.3, -0.25) is 9.88 Å². The highest BCUT2D eigenvalue weighted by atomic mass is 19.1. The fraction of sp³-hybridized carbons (Fsp3) is 0.444. The minimum absolute atomic E-state index is 0.0712. The summed E-state index contributed by atoms with van der Waals surface area (Å²) in [4.78, 5) is 13.2. The van der Waals surface area contributed by atoms with Crippen LogP contribution in [0.2, 0.25) is 0 Å². The van der Waals surface area contributed by atoms with Crippen molar-refractivity contribution in [3.8, 4) is 0 Å². The maximum absolute atomic E-state index is 13.0. The summed E-state index contributed by atoms with van der Waals surface area (Å²) < 4.78 is 18.9. The van der Waals surface area contributed by atoms with Crippen LogP contribution < -0.4 is 4.90 Å². The van der Waals surface area contributed by atoms with Crippen LogP contribution in [-0.4, -0.2) is 55.2 Å². The SMILES string of the molecule is CN(C)c1nccnc1C1CN(CCc2ccc(F)cc2)CCO1. The molecule has 0 aliphatic carbocycles. The van der Waals surface area contributed by atoms with Gasteiger partial charge in [0.15, 0.2) is 5.82 Å². The molecule has 128 valence electrons. The van der Waals surface area contributed by atoms with E-state index in [1.807, 2.05) is 31.1 Å². The topological polar surface area (TPSA) is 41.5 Å². The van der Waals surface area contributed by atoms with Crippen LogP contribution in [0.4, 0.5) is 10.2 Å². The molecule has 0 bridgehead atoms. The van der Waals surface area contributed by atoms with Crippen LogP contribution in [0, 0.1) is 5.82 Å². The maximum atomic E-state index is 13.0. The minimum Gasteiger partial charge on any atom is -0.369 e. The second kappa shape index (κ2) is 7.68. The summed E-state index contributed by atoms with van der Waals surface area (Å²) in [6.45, 7) is 3.29. The van der Waals surface area contributed by atoms with Crippen molar-refractivity contribution in [2.75, 3.05) is 45.2 Å². The van der Waals surface area contributed by atoms with Gasteiger partial charge in [-0.05, 0) is 24.1 Å². The predicted octanol–water partition coefficient (Wildman–Crippen LogP) is 2.30. The van der Waals surface area contributed by atoms with Gasteiger partial charge in [0.1, 0.15) is 17.6 Å². The molecule has 1 aromatic heterocycles. The van der Waals surface area contributed by atoms with E-state index in [2.05, 4.69) is 14.9 Å². The zero-order chi connectivity index (χ0) is 16.9. The number of nitrogens with zero attached hydrogens (tertiary/aromatic N) is 4. The molecule has 5 nitrogen and oxygen atoms in total. The van der Waals surface area contributed by atoms with Crippen LogP contribution in [-0.2, 0) is 11.2 Å². The first-order chi connectivity index (χ1) is 11.6. The molecule has 1 saturated heterocycles. The summed E-state index contributed by atoms with van der Waals surface area (Å²) in [7, 11) is 3.92. The Labute approximate surface area is 142 Å². The van der Waals surface area contributed by atoms with E-state index in [0.717, 1.165) is 43.1 Å². The second-order valence-electron chi connectivity index (χ2n) is 6.20. The van der Waals surface area contributed by atoms with Gasteiger partial charge in [0.25, 0.3) is 0 Å². The fourth-order valence-electron chi connectivity index (χ4n) is 2.92. The second-order valence-corrected chi connectivity index (χ2v) is 6.20. The molecule has 3 rings (SSSR count). The van der Waals surface area contributed by atoms with Crippen molar-refractivity contribution in [3.05, 3.63) is 53.7 Å². The summed E-state index contributed by atoms with van der Waals surface area (Å²) in [5, 5.41) is 0. The Morgan fingerprint density at radius 2 is 1.96 bits per heavy atom. The maximum Gasteiger partial charge on any atom is 0.152 e. The van der Waals surface area contributed by atoms with Crippen molar-refractivity contribution < 1.29 is 9.13 Å². The number of halogens is 1. The van der Waals surface area contributed by atoms with E-state index in [4.69, 9.17) is 4.74 Å². The first kappa shape index (κ1) is 16.8. The molecule has 0 saturated carbocycles. The number of rotatable bonds is 5. The largest absolute Gasteiger partial charge is 0.369 e. The lowest BCUT2D eigenvalue weighted by Gasteiger charge is -2.33. The van der Waals surface area contributed by atoms with E-state index in [0.29, 0.717) is 6.61 Å². The van der Waals surface area contributed by atoms with Crippen molar-refractivity contribution in [2.24, 2.45) is 0 Å². The van der Waals surface area contributed by atoms with Crippen LogP contribution in [0.25, 0.3) is 0 Å². The Hall–Kier alpha value is -2.05. The normalized spacial score (nSPS) is 18.5. The summed E-state index contributed by atoms with van der Waals surface area (Å²) in [6.07, 6.45) is 4.24. The van der Waals surface area contributed by atoms with Gasteiger partial charge in [-0.15, -0.1) is 0 Å². The highest BCUT2D eigenvalue weighted by Crippen LogP contribution is 2.26. The van der Waals surface area contributed by atoms with E-state index in [9.17, 15) is 4.39 Å². The molecule has 1 aromatic carbocycles. The molecule has 1 aliphatic rings. The van der Waals surface area contributed by atoms with E-state index in [-0.39, 0.29) is 11.9 Å². The third kappa shape index (κ3) is 4.07. The monoisotopic (exact) mass is 330 g/mol. The van der Waals surface area contributed by atoms with Gasteiger partial charge in [0.2, 0.25) is 0 Å². The smallest absolute Gasteiger partial charge is 0.152 e. The average Bonchev–Trinajstić information content (AvgIpc) is 2.61. The molecule has 1 fully saturated rings. The Kier molecular flexibility index (Phi) is 5.37. The molecule has 1 atom stereocenters. The highest BCUT2D eigenvalue weighted by Gasteiger charge is 2.26. The Bertz CT molecular complexity index is 662. The zero-order valence-electron chi connectivity index (χ0n) is 14.2. The molecule has 1 aliphatic heterocycles. The zero-order valence-corrected chi connectivity index (χ0v) is 14.2. The molecular weight excluding hydrogens is 307 g/mol. The van der Waals surface area contributed by atoms with E-state index in [1.165, 1.54) is 12.1 Å². The molecule has 0 radical (unpaired) electrons. The Balaban J connectivity index is 1.63. The number of benzene rings is 1. The van der Waals surface area contributed by atoms with E-state index >= 15 is 0 Å². The van der Waals surface area contributed by atoms with Crippen molar-refractivity contribution in [3.63, 3.8) is 0 Å². The van der Waals surface area contributed by atoms with Gasteiger partial charge in [-0.25, -0.2) is 9.37 Å². The standard InChI is InChI=1S/C18H23FN4O/c1-22(2)18-17(20-8-9-21-18)16-13-23(11-12-24-16)10-7-14-3-5-15(19)6-4-14/h3-6,8-9,16H,7,10-13H2,1-2H3. The minimum atomic E-state index is -0.191. The predicted molar refractivity (Wildman–Crippen MR) is 91.6 cm³/mol. The van der Waals surface area contributed by atoms with Gasteiger partial charge in [-0.1, -0.05) is 12.1 Å². The summed E-state index contributed by atoms with van der Waals surface area (Å²) in [5.41, 5.74) is 2.03. The van der Waals surface area contributed by atoms with Gasteiger partial charge in [-0.2, -0.15) is 0 Å². The molecule has 6 heteroatoms. The number of hydrogen-bond donors (Lipinski definition) is 0. The summed E-state index contributed by atoms with van der Waals surface area (Å²) in [6, 6.07) is 6.72. The highest BCUT2D eigenvalue weighted by molar-refractivity contribution is 5.42. The third-order valence-electron chi connectivity index (χ3n) is 4.22. The van der Waals surface area contributed by atoms with Crippen LogP contribution in [0.5, 0.6) is 0 Å². The fourth-order valence-corrected chi connectivity index (χ4v) is 2.92. The summed E-state index contributed by atoms with van der Waals surface area (Å²) >= 11 is 0. The molecule has 0 amide bonds. The Morgan fingerprint density at radius 3 is 2.71 bits per heavy atom. The average molecular weight is 330 g/mol. The van der Waals surface area contributed by atoms with Crippen molar-refractivity contribution >= 4 is 5.82 Å². The van der Waals surface area contributed by atoms with Gasteiger partial charge in [0.05, 0.1) is 6.61 Å². The first-order valence-electron chi connectivity index (χ1n) is 8.20. The number of morpholine rings is 1. The van der Waals surface area contributed by atoms with Crippen LogP contribution >= 0.6 is 0 Å². The lowest BCUT2D eigenvalue weighted by Crippen LogP contribution is -2.40. The molecule has 2 heterocycles. The van der Waals surface area contributed by atoms with Crippen molar-refractivity contribution in [2.45, 2.75) is 12.5 Å². The summed E-state index contributed by atoms with van der Waals surface area (Å²) in [5.74, 6) is 0.659. The van der Waals surface area contributed by atoms with Gasteiger partial charge < -0.3 is 9.64 Å². The van der Waals surface area contributed by atoms with Crippen LogP contribution in [0.15, 0.2) is 36.7 Å². The first-order valence-corrected chi connectivity index (χ1v) is 8.20. The number of ether oxygens (including phenoxy) is 1. The van der Waals surface area contributed by atoms with Crippen molar-refractivity contribution in [1.29, 1.82) is 0 Å². The number of hydrogen-bond acceptors (Lipinski definition) is 5. The van der Waals surface area contributed by atoms with E-state index < -0.39 is 0 Å². The quantitative estimate of drug-likeness (QED) is 0.841. The number of anilines is 1. The molecular formula is C18H23FN4O. The van der Waals surface area contributed by atoms with Gasteiger partial charge in [0, 0.05) is 46.1 Å². The lowest BCUT2D eigenvalue weighted by molar-refractivity contribution is -0.0315. The molecule has 0 spiro atoms.